The molecule has 194 valence electrons. The molecule has 5 aliphatic rings. The minimum atomic E-state index is 0.0827. The second kappa shape index (κ2) is 10.8. The van der Waals surface area contributed by atoms with Gasteiger partial charge in [0, 0.05) is 56.3 Å². The highest BCUT2D eigenvalue weighted by Crippen LogP contribution is 2.35. The number of carbonyl (C=O) groups excluding carboxylic acids is 1. The number of benzene rings is 1. The molecule has 0 radical (unpaired) electrons. The molecule has 5 heterocycles. The van der Waals surface area contributed by atoms with Crippen LogP contribution in [0.4, 0.5) is 0 Å². The van der Waals surface area contributed by atoms with Crippen molar-refractivity contribution >= 4 is 40.1 Å². The molecule has 2 unspecified atom stereocenters. The number of fused-ring (bicyclic) bond motifs is 1. The minimum absolute atomic E-state index is 0.0827. The molecule has 2 atom stereocenters. The summed E-state index contributed by atoms with van der Waals surface area (Å²) in [5, 5.41) is 12.2. The quantitative estimate of drug-likeness (QED) is 0.641. The number of hydrogen-bond donors (Lipinski definition) is 1. The van der Waals surface area contributed by atoms with Crippen molar-refractivity contribution in [3.8, 4) is 0 Å². The van der Waals surface area contributed by atoms with Gasteiger partial charge >= 0.3 is 0 Å². The molecule has 8 nitrogen and oxygen atoms in total. The van der Waals surface area contributed by atoms with E-state index in [1.54, 1.807) is 11.8 Å². The number of nitrogens with one attached hydrogen (secondary N) is 1. The van der Waals surface area contributed by atoms with Crippen LogP contribution in [0.25, 0.3) is 5.70 Å². The molecule has 5 aliphatic heterocycles. The SMILES string of the molecule is O=C(C1CCN(C2=NN3C=C(c4ccc(Cl)cc4)NC3S2)CC1)N1CCCCC1CN1CCOCC1. The molecule has 1 N–H and O–H groups in total. The summed E-state index contributed by atoms with van der Waals surface area (Å²) in [4.78, 5) is 20.6. The Labute approximate surface area is 222 Å². The number of hydrogen-bond acceptors (Lipinski definition) is 8. The van der Waals surface area contributed by atoms with Crippen LogP contribution < -0.4 is 5.32 Å². The van der Waals surface area contributed by atoms with Crippen LogP contribution in [0.1, 0.15) is 37.7 Å². The molecule has 3 fully saturated rings. The predicted octanol–water partition coefficient (Wildman–Crippen LogP) is 3.27. The normalized spacial score (nSPS) is 27.5. The molecule has 0 spiro atoms. The standard InChI is InChI=1S/C26H35ClN6O2S/c27-21-6-4-19(5-7-21)23-18-33-25(28-23)36-26(29-33)31-11-8-20(9-12-31)24(34)32-10-2-1-3-22(32)17-30-13-15-35-16-14-30/h4-7,18,20,22,25,28H,1-3,8-17H2. The van der Waals surface area contributed by atoms with Crippen molar-refractivity contribution in [2.24, 2.45) is 11.0 Å². The Hall–Kier alpha value is -1.94. The largest absolute Gasteiger partial charge is 0.379 e. The van der Waals surface area contributed by atoms with Gasteiger partial charge in [-0.25, -0.2) is 5.01 Å². The molecule has 1 amide bonds. The van der Waals surface area contributed by atoms with Crippen LogP contribution >= 0.6 is 23.4 Å². The zero-order valence-electron chi connectivity index (χ0n) is 20.6. The summed E-state index contributed by atoms with van der Waals surface area (Å²) in [7, 11) is 0. The van der Waals surface area contributed by atoms with Gasteiger partial charge in [0.1, 0.15) is 0 Å². The maximum Gasteiger partial charge on any atom is 0.226 e. The fourth-order valence-corrected chi connectivity index (χ4v) is 7.06. The smallest absolute Gasteiger partial charge is 0.226 e. The van der Waals surface area contributed by atoms with E-state index in [1.165, 1.54) is 6.42 Å². The number of thioether (sulfide) groups is 1. The van der Waals surface area contributed by atoms with Crippen LogP contribution in [-0.2, 0) is 9.53 Å². The van der Waals surface area contributed by atoms with E-state index in [2.05, 4.69) is 26.2 Å². The van der Waals surface area contributed by atoms with E-state index in [-0.39, 0.29) is 11.4 Å². The zero-order valence-corrected chi connectivity index (χ0v) is 22.2. The average molecular weight is 531 g/mol. The topological polar surface area (TPSA) is 63.7 Å². The Morgan fingerprint density at radius 3 is 2.58 bits per heavy atom. The second-order valence-electron chi connectivity index (χ2n) is 10.3. The van der Waals surface area contributed by atoms with E-state index in [9.17, 15) is 4.79 Å². The van der Waals surface area contributed by atoms with Crippen molar-refractivity contribution in [1.29, 1.82) is 0 Å². The Morgan fingerprint density at radius 2 is 1.83 bits per heavy atom. The average Bonchev–Trinajstić information content (AvgIpc) is 3.50. The number of amidine groups is 1. The van der Waals surface area contributed by atoms with Crippen molar-refractivity contribution in [3.63, 3.8) is 0 Å². The van der Waals surface area contributed by atoms with Crippen LogP contribution in [-0.4, -0.2) is 94.8 Å². The van der Waals surface area contributed by atoms with E-state index in [1.807, 2.05) is 29.3 Å². The van der Waals surface area contributed by atoms with Crippen LogP contribution in [0.3, 0.4) is 0 Å². The molecule has 0 bridgehead atoms. The Morgan fingerprint density at radius 1 is 1.06 bits per heavy atom. The van der Waals surface area contributed by atoms with Crippen molar-refractivity contribution in [2.45, 2.75) is 43.6 Å². The number of rotatable bonds is 4. The molecule has 1 aromatic rings. The first kappa shape index (κ1) is 24.4. The van der Waals surface area contributed by atoms with Gasteiger partial charge in [0.15, 0.2) is 10.7 Å². The number of piperidine rings is 2. The third-order valence-electron chi connectivity index (χ3n) is 7.95. The number of nitrogens with zero attached hydrogens (tertiary/aromatic N) is 5. The van der Waals surface area contributed by atoms with Gasteiger partial charge in [-0.05, 0) is 61.6 Å². The predicted molar refractivity (Wildman–Crippen MR) is 144 cm³/mol. The van der Waals surface area contributed by atoms with E-state index in [0.29, 0.717) is 11.9 Å². The second-order valence-corrected chi connectivity index (χ2v) is 11.8. The van der Waals surface area contributed by atoms with Crippen molar-refractivity contribution in [1.82, 2.24) is 25.0 Å². The Bertz CT molecular complexity index is 1010. The molecule has 36 heavy (non-hydrogen) atoms. The fraction of sp³-hybridized carbons (Fsp3) is 0.615. The highest BCUT2D eigenvalue weighted by atomic mass is 35.5. The van der Waals surface area contributed by atoms with Gasteiger partial charge in [0.25, 0.3) is 0 Å². The first-order valence-electron chi connectivity index (χ1n) is 13.3. The van der Waals surface area contributed by atoms with Crippen LogP contribution in [0.15, 0.2) is 35.6 Å². The lowest BCUT2D eigenvalue weighted by molar-refractivity contribution is -0.141. The van der Waals surface area contributed by atoms with E-state index < -0.39 is 0 Å². The molecule has 1 aromatic carbocycles. The van der Waals surface area contributed by atoms with Crippen molar-refractivity contribution in [2.75, 3.05) is 52.5 Å². The summed E-state index contributed by atoms with van der Waals surface area (Å²) in [6.07, 6.45) is 7.37. The number of ether oxygens (including phenoxy) is 1. The molecule has 3 saturated heterocycles. The van der Waals surface area contributed by atoms with Gasteiger partial charge in [0.05, 0.1) is 25.1 Å². The zero-order chi connectivity index (χ0) is 24.5. The number of halogens is 1. The van der Waals surface area contributed by atoms with Crippen LogP contribution in [0.2, 0.25) is 5.02 Å². The summed E-state index contributed by atoms with van der Waals surface area (Å²) >= 11 is 7.78. The Balaban J connectivity index is 1.03. The molecule has 0 aromatic heterocycles. The van der Waals surface area contributed by atoms with Crippen molar-refractivity contribution < 1.29 is 9.53 Å². The summed E-state index contributed by atoms with van der Waals surface area (Å²) in [6.45, 7) is 7.29. The van der Waals surface area contributed by atoms with E-state index >= 15 is 0 Å². The summed E-state index contributed by atoms with van der Waals surface area (Å²) in [5.41, 5.74) is 2.25. The van der Waals surface area contributed by atoms with Crippen LogP contribution in [0.5, 0.6) is 0 Å². The van der Waals surface area contributed by atoms with E-state index in [0.717, 1.165) is 99.6 Å². The minimum Gasteiger partial charge on any atom is -0.379 e. The molecular formula is C26H35ClN6O2S. The molecule has 0 aliphatic carbocycles. The maximum atomic E-state index is 13.6. The lowest BCUT2D eigenvalue weighted by atomic mass is 9.92. The van der Waals surface area contributed by atoms with Gasteiger partial charge in [0.2, 0.25) is 5.91 Å². The maximum absolute atomic E-state index is 13.6. The Kier molecular flexibility index (Phi) is 7.33. The summed E-state index contributed by atoms with van der Waals surface area (Å²) in [5.74, 6) is 0.513. The number of likely N-dealkylation sites (tertiary alicyclic amines) is 2. The van der Waals surface area contributed by atoms with Gasteiger partial charge in [-0.2, -0.15) is 0 Å². The number of carbonyl (C=O) groups is 1. The van der Waals surface area contributed by atoms with Crippen LogP contribution in [0, 0.1) is 5.92 Å². The third kappa shape index (κ3) is 5.21. The van der Waals surface area contributed by atoms with Gasteiger partial charge in [-0.15, -0.1) is 5.10 Å². The highest BCUT2D eigenvalue weighted by Gasteiger charge is 2.38. The lowest BCUT2D eigenvalue weighted by Gasteiger charge is -2.42. The van der Waals surface area contributed by atoms with Gasteiger partial charge in [-0.1, -0.05) is 23.7 Å². The lowest BCUT2D eigenvalue weighted by Crippen LogP contribution is -2.53. The molecule has 6 rings (SSSR count). The first-order valence-corrected chi connectivity index (χ1v) is 14.5. The number of amides is 1. The van der Waals surface area contributed by atoms with Gasteiger partial charge < -0.3 is 19.9 Å². The number of hydrazone groups is 1. The highest BCUT2D eigenvalue weighted by molar-refractivity contribution is 8.14. The van der Waals surface area contributed by atoms with Crippen molar-refractivity contribution in [3.05, 3.63) is 41.1 Å². The van der Waals surface area contributed by atoms with Gasteiger partial charge in [-0.3, -0.25) is 9.69 Å². The number of morpholine rings is 1. The summed E-state index contributed by atoms with van der Waals surface area (Å²) < 4.78 is 5.51. The first-order chi connectivity index (χ1) is 17.6. The van der Waals surface area contributed by atoms with E-state index in [4.69, 9.17) is 21.4 Å². The fourth-order valence-electron chi connectivity index (χ4n) is 5.86. The monoisotopic (exact) mass is 530 g/mol. The molecular weight excluding hydrogens is 496 g/mol. The summed E-state index contributed by atoms with van der Waals surface area (Å²) in [6, 6.07) is 8.22. The third-order valence-corrected chi connectivity index (χ3v) is 9.31. The molecule has 10 heteroatoms. The molecule has 0 saturated carbocycles.